The van der Waals surface area contributed by atoms with Crippen LogP contribution in [0.5, 0.6) is 0 Å². The van der Waals surface area contributed by atoms with Crippen LogP contribution in [0, 0.1) is 13.8 Å². The third-order valence-electron chi connectivity index (χ3n) is 3.88. The van der Waals surface area contributed by atoms with Gasteiger partial charge in [0.1, 0.15) is 0 Å². The molecule has 0 saturated heterocycles. The largest absolute Gasteiger partial charge is 0.381 e. The summed E-state index contributed by atoms with van der Waals surface area (Å²) in [6.45, 7) is 5.21. The number of fused-ring (bicyclic) bond motifs is 1. The number of hydrogen-bond acceptors (Lipinski definition) is 1. The zero-order chi connectivity index (χ0) is 13.2. The molecule has 0 atom stereocenters. The van der Waals surface area contributed by atoms with Crippen molar-refractivity contribution in [1.82, 2.24) is 0 Å². The highest BCUT2D eigenvalue weighted by Gasteiger charge is 2.10. The summed E-state index contributed by atoms with van der Waals surface area (Å²) in [4.78, 5) is 0. The van der Waals surface area contributed by atoms with Gasteiger partial charge in [-0.05, 0) is 73.1 Å². The minimum absolute atomic E-state index is 0.913. The van der Waals surface area contributed by atoms with E-state index in [0.717, 1.165) is 6.54 Å². The third kappa shape index (κ3) is 2.81. The van der Waals surface area contributed by atoms with E-state index in [2.05, 4.69) is 55.6 Å². The van der Waals surface area contributed by atoms with E-state index >= 15 is 0 Å². The Morgan fingerprint density at radius 1 is 0.895 bits per heavy atom. The molecule has 0 aromatic heterocycles. The van der Waals surface area contributed by atoms with Crippen molar-refractivity contribution in [2.24, 2.45) is 0 Å². The van der Waals surface area contributed by atoms with E-state index < -0.39 is 0 Å². The van der Waals surface area contributed by atoms with Gasteiger partial charge in [-0.15, -0.1) is 0 Å². The number of aryl methyl sites for hydroxylation is 4. The Balaban J connectivity index is 1.72. The van der Waals surface area contributed by atoms with Crippen LogP contribution in [0.3, 0.4) is 0 Å². The lowest BCUT2D eigenvalue weighted by atomic mass is 10.1. The fourth-order valence-electron chi connectivity index (χ4n) is 3.02. The Morgan fingerprint density at radius 3 is 2.42 bits per heavy atom. The van der Waals surface area contributed by atoms with Crippen molar-refractivity contribution in [1.29, 1.82) is 0 Å². The second-order valence-corrected chi connectivity index (χ2v) is 5.69. The molecule has 0 radical (unpaired) electrons. The van der Waals surface area contributed by atoms with E-state index in [9.17, 15) is 0 Å². The van der Waals surface area contributed by atoms with Crippen LogP contribution in [-0.2, 0) is 19.4 Å². The normalized spacial score (nSPS) is 13.4. The van der Waals surface area contributed by atoms with E-state index in [1.165, 1.54) is 41.6 Å². The van der Waals surface area contributed by atoms with Gasteiger partial charge in [-0.2, -0.15) is 0 Å². The quantitative estimate of drug-likeness (QED) is 0.852. The lowest BCUT2D eigenvalue weighted by Crippen LogP contribution is -2.00. The van der Waals surface area contributed by atoms with E-state index in [1.807, 2.05) is 0 Å². The van der Waals surface area contributed by atoms with E-state index in [1.54, 1.807) is 11.1 Å². The van der Waals surface area contributed by atoms with Crippen LogP contribution in [0.1, 0.15) is 34.2 Å². The SMILES string of the molecule is Cc1cc(C)cc(NCc2ccc3c(c2)CCC3)c1. The Labute approximate surface area is 115 Å². The summed E-state index contributed by atoms with van der Waals surface area (Å²) in [6, 6.07) is 13.6. The summed E-state index contributed by atoms with van der Waals surface area (Å²) in [5.41, 5.74) is 8.35. The monoisotopic (exact) mass is 251 g/mol. The first kappa shape index (κ1) is 12.3. The van der Waals surface area contributed by atoms with Crippen LogP contribution in [0.15, 0.2) is 36.4 Å². The molecular formula is C18H21N. The summed E-state index contributed by atoms with van der Waals surface area (Å²) >= 11 is 0. The zero-order valence-corrected chi connectivity index (χ0v) is 11.8. The van der Waals surface area contributed by atoms with Crippen molar-refractivity contribution in [3.8, 4) is 0 Å². The van der Waals surface area contributed by atoms with Crippen LogP contribution in [0.2, 0.25) is 0 Å². The molecule has 98 valence electrons. The summed E-state index contributed by atoms with van der Waals surface area (Å²) in [7, 11) is 0. The van der Waals surface area contributed by atoms with Gasteiger partial charge in [0.2, 0.25) is 0 Å². The maximum atomic E-state index is 3.53. The molecule has 0 bridgehead atoms. The minimum Gasteiger partial charge on any atom is -0.381 e. The number of benzene rings is 2. The molecule has 1 aliphatic rings. The molecule has 19 heavy (non-hydrogen) atoms. The molecule has 2 aromatic carbocycles. The van der Waals surface area contributed by atoms with E-state index in [-0.39, 0.29) is 0 Å². The van der Waals surface area contributed by atoms with Crippen LogP contribution in [0.4, 0.5) is 5.69 Å². The summed E-state index contributed by atoms with van der Waals surface area (Å²) in [6.07, 6.45) is 3.84. The second-order valence-electron chi connectivity index (χ2n) is 5.69. The molecule has 0 unspecified atom stereocenters. The zero-order valence-electron chi connectivity index (χ0n) is 11.8. The van der Waals surface area contributed by atoms with Gasteiger partial charge < -0.3 is 5.32 Å². The number of rotatable bonds is 3. The number of anilines is 1. The summed E-state index contributed by atoms with van der Waals surface area (Å²) < 4.78 is 0. The van der Waals surface area contributed by atoms with Crippen LogP contribution < -0.4 is 5.32 Å². The van der Waals surface area contributed by atoms with Crippen LogP contribution in [0.25, 0.3) is 0 Å². The van der Waals surface area contributed by atoms with Gasteiger partial charge in [0.15, 0.2) is 0 Å². The third-order valence-corrected chi connectivity index (χ3v) is 3.88. The maximum Gasteiger partial charge on any atom is 0.0400 e. The van der Waals surface area contributed by atoms with Crippen molar-refractivity contribution in [3.05, 3.63) is 64.2 Å². The standard InChI is InChI=1S/C18H21N/c1-13-8-14(2)10-18(9-13)19-12-15-6-7-16-4-3-5-17(16)11-15/h6-11,19H,3-5,12H2,1-2H3. The van der Waals surface area contributed by atoms with E-state index in [4.69, 9.17) is 0 Å². The Kier molecular flexibility index (Phi) is 3.29. The second kappa shape index (κ2) is 5.08. The maximum absolute atomic E-state index is 3.53. The average Bonchev–Trinajstić information content (AvgIpc) is 2.82. The van der Waals surface area contributed by atoms with Gasteiger partial charge in [0.25, 0.3) is 0 Å². The van der Waals surface area contributed by atoms with Crippen molar-refractivity contribution in [3.63, 3.8) is 0 Å². The molecule has 0 amide bonds. The van der Waals surface area contributed by atoms with Crippen LogP contribution in [-0.4, -0.2) is 0 Å². The molecule has 2 aromatic rings. The van der Waals surface area contributed by atoms with E-state index in [0.29, 0.717) is 0 Å². The van der Waals surface area contributed by atoms with Crippen molar-refractivity contribution in [2.45, 2.75) is 39.7 Å². The predicted molar refractivity (Wildman–Crippen MR) is 81.7 cm³/mol. The Hall–Kier alpha value is -1.76. The summed E-state index contributed by atoms with van der Waals surface area (Å²) in [5, 5.41) is 3.53. The molecular weight excluding hydrogens is 230 g/mol. The smallest absolute Gasteiger partial charge is 0.0400 e. The van der Waals surface area contributed by atoms with Gasteiger partial charge in [-0.25, -0.2) is 0 Å². The highest BCUT2D eigenvalue weighted by atomic mass is 14.9. The number of nitrogens with one attached hydrogen (secondary N) is 1. The summed E-state index contributed by atoms with van der Waals surface area (Å²) in [5.74, 6) is 0. The molecule has 0 saturated carbocycles. The predicted octanol–water partition coefficient (Wildman–Crippen LogP) is 4.40. The fraction of sp³-hybridized carbons (Fsp3) is 0.333. The van der Waals surface area contributed by atoms with Gasteiger partial charge in [0.05, 0.1) is 0 Å². The lowest BCUT2D eigenvalue weighted by Gasteiger charge is -2.10. The lowest BCUT2D eigenvalue weighted by molar-refractivity contribution is 0.911. The molecule has 1 N–H and O–H groups in total. The van der Waals surface area contributed by atoms with Crippen molar-refractivity contribution < 1.29 is 0 Å². The first-order valence-electron chi connectivity index (χ1n) is 7.13. The van der Waals surface area contributed by atoms with Crippen molar-refractivity contribution in [2.75, 3.05) is 5.32 Å². The van der Waals surface area contributed by atoms with Gasteiger partial charge in [-0.1, -0.05) is 24.3 Å². The Bertz CT molecular complexity index is 578. The highest BCUT2D eigenvalue weighted by molar-refractivity contribution is 5.49. The molecule has 0 heterocycles. The number of hydrogen-bond donors (Lipinski definition) is 1. The van der Waals surface area contributed by atoms with Crippen molar-refractivity contribution >= 4 is 5.69 Å². The molecule has 1 heteroatoms. The van der Waals surface area contributed by atoms with Gasteiger partial charge in [0, 0.05) is 12.2 Å². The molecule has 0 spiro atoms. The minimum atomic E-state index is 0.913. The first-order chi connectivity index (χ1) is 9.20. The topological polar surface area (TPSA) is 12.0 Å². The molecule has 0 fully saturated rings. The van der Waals surface area contributed by atoms with Crippen LogP contribution >= 0.6 is 0 Å². The molecule has 0 aliphatic heterocycles. The average molecular weight is 251 g/mol. The molecule has 1 aliphatic carbocycles. The highest BCUT2D eigenvalue weighted by Crippen LogP contribution is 2.23. The molecule has 3 rings (SSSR count). The Morgan fingerprint density at radius 2 is 1.63 bits per heavy atom. The fourth-order valence-corrected chi connectivity index (χ4v) is 3.02. The van der Waals surface area contributed by atoms with Gasteiger partial charge >= 0.3 is 0 Å². The first-order valence-corrected chi connectivity index (χ1v) is 7.13. The molecule has 1 nitrogen and oxygen atoms in total. The van der Waals surface area contributed by atoms with Gasteiger partial charge in [-0.3, -0.25) is 0 Å².